The topological polar surface area (TPSA) is 29.3 Å². The highest BCUT2D eigenvalue weighted by Crippen LogP contribution is 2.39. The monoisotopic (exact) mass is 210 g/mol. The number of likely N-dealkylation sites (tertiary alicyclic amines) is 1. The van der Waals surface area contributed by atoms with E-state index in [0.717, 1.165) is 18.4 Å². The zero-order valence-electron chi connectivity index (χ0n) is 10.3. The van der Waals surface area contributed by atoms with Crippen molar-refractivity contribution in [1.29, 1.82) is 0 Å². The molecule has 0 radical (unpaired) electrons. The third kappa shape index (κ3) is 2.94. The van der Waals surface area contributed by atoms with Crippen LogP contribution in [0.25, 0.3) is 0 Å². The summed E-state index contributed by atoms with van der Waals surface area (Å²) in [7, 11) is 0. The van der Waals surface area contributed by atoms with Crippen molar-refractivity contribution in [2.45, 2.75) is 51.5 Å². The van der Waals surface area contributed by atoms with Gasteiger partial charge in [0.1, 0.15) is 0 Å². The zero-order chi connectivity index (χ0) is 10.9. The second-order valence-corrected chi connectivity index (χ2v) is 5.96. The predicted octanol–water partition coefficient (Wildman–Crippen LogP) is 2.24. The standard InChI is InChI=1S/C13H26N2/c1-3-4-11-7-8-15(9-11)10-13(2,14)12-5-6-12/h11-12H,3-10,14H2,1-2H3. The van der Waals surface area contributed by atoms with Gasteiger partial charge in [-0.3, -0.25) is 0 Å². The quantitative estimate of drug-likeness (QED) is 0.754. The summed E-state index contributed by atoms with van der Waals surface area (Å²) in [5, 5.41) is 0. The predicted molar refractivity (Wildman–Crippen MR) is 64.8 cm³/mol. The Morgan fingerprint density at radius 2 is 2.07 bits per heavy atom. The van der Waals surface area contributed by atoms with E-state index >= 15 is 0 Å². The molecule has 88 valence electrons. The lowest BCUT2D eigenvalue weighted by atomic mass is 9.96. The molecule has 2 aliphatic rings. The van der Waals surface area contributed by atoms with Crippen molar-refractivity contribution < 1.29 is 0 Å². The fourth-order valence-electron chi connectivity index (χ4n) is 3.05. The van der Waals surface area contributed by atoms with E-state index in [2.05, 4.69) is 18.7 Å². The smallest absolute Gasteiger partial charge is 0.0283 e. The first kappa shape index (κ1) is 11.4. The molecule has 0 aromatic rings. The molecule has 2 nitrogen and oxygen atoms in total. The number of nitrogens with zero attached hydrogens (tertiary/aromatic N) is 1. The van der Waals surface area contributed by atoms with E-state index in [1.165, 1.54) is 45.2 Å². The van der Waals surface area contributed by atoms with Gasteiger partial charge in [0, 0.05) is 18.6 Å². The van der Waals surface area contributed by atoms with Crippen LogP contribution < -0.4 is 5.73 Å². The summed E-state index contributed by atoms with van der Waals surface area (Å²) < 4.78 is 0. The molecule has 0 bridgehead atoms. The number of hydrogen-bond donors (Lipinski definition) is 1. The van der Waals surface area contributed by atoms with E-state index in [1.807, 2.05) is 0 Å². The van der Waals surface area contributed by atoms with Crippen molar-refractivity contribution >= 4 is 0 Å². The Morgan fingerprint density at radius 3 is 2.67 bits per heavy atom. The number of hydrogen-bond acceptors (Lipinski definition) is 2. The molecule has 0 amide bonds. The molecular weight excluding hydrogens is 184 g/mol. The summed E-state index contributed by atoms with van der Waals surface area (Å²) in [5.41, 5.74) is 6.46. The molecule has 0 spiro atoms. The van der Waals surface area contributed by atoms with Crippen LogP contribution in [0.15, 0.2) is 0 Å². The number of nitrogens with two attached hydrogens (primary N) is 1. The Hall–Kier alpha value is -0.0800. The van der Waals surface area contributed by atoms with Gasteiger partial charge in [0.2, 0.25) is 0 Å². The van der Waals surface area contributed by atoms with Crippen LogP contribution in [0.4, 0.5) is 0 Å². The SMILES string of the molecule is CCCC1CCN(CC(C)(N)C2CC2)C1. The summed E-state index contributed by atoms with van der Waals surface area (Å²) in [6.07, 6.45) is 6.86. The van der Waals surface area contributed by atoms with E-state index in [9.17, 15) is 0 Å². The van der Waals surface area contributed by atoms with Gasteiger partial charge in [-0.1, -0.05) is 13.3 Å². The maximum Gasteiger partial charge on any atom is 0.0283 e. The van der Waals surface area contributed by atoms with E-state index in [-0.39, 0.29) is 5.54 Å². The van der Waals surface area contributed by atoms with Crippen LogP contribution in [0.2, 0.25) is 0 Å². The minimum Gasteiger partial charge on any atom is -0.324 e. The molecule has 2 rings (SSSR count). The summed E-state index contributed by atoms with van der Waals surface area (Å²) in [6, 6.07) is 0. The van der Waals surface area contributed by atoms with Crippen molar-refractivity contribution in [2.24, 2.45) is 17.6 Å². The Morgan fingerprint density at radius 1 is 1.33 bits per heavy atom. The maximum absolute atomic E-state index is 6.38. The van der Waals surface area contributed by atoms with Crippen LogP contribution in [-0.2, 0) is 0 Å². The van der Waals surface area contributed by atoms with Gasteiger partial charge in [0.05, 0.1) is 0 Å². The second kappa shape index (κ2) is 4.42. The normalized spacial score (nSPS) is 31.8. The van der Waals surface area contributed by atoms with Crippen molar-refractivity contribution in [3.63, 3.8) is 0 Å². The first-order chi connectivity index (χ1) is 7.12. The lowest BCUT2D eigenvalue weighted by Crippen LogP contribution is -2.49. The minimum absolute atomic E-state index is 0.0844. The molecule has 1 saturated carbocycles. The van der Waals surface area contributed by atoms with Gasteiger partial charge < -0.3 is 10.6 Å². The van der Waals surface area contributed by atoms with Crippen LogP contribution in [-0.4, -0.2) is 30.1 Å². The van der Waals surface area contributed by atoms with Gasteiger partial charge in [-0.05, 0) is 51.0 Å². The average Bonchev–Trinajstić information content (AvgIpc) is 2.92. The highest BCUT2D eigenvalue weighted by molar-refractivity contribution is 4.98. The Kier molecular flexibility index (Phi) is 3.36. The molecule has 1 heterocycles. The second-order valence-electron chi connectivity index (χ2n) is 5.96. The van der Waals surface area contributed by atoms with E-state index in [0.29, 0.717) is 0 Å². The third-order valence-electron chi connectivity index (χ3n) is 4.14. The van der Waals surface area contributed by atoms with Crippen molar-refractivity contribution in [2.75, 3.05) is 19.6 Å². The summed E-state index contributed by atoms with van der Waals surface area (Å²) in [4.78, 5) is 2.60. The van der Waals surface area contributed by atoms with E-state index in [1.54, 1.807) is 0 Å². The molecule has 2 heteroatoms. The van der Waals surface area contributed by atoms with Gasteiger partial charge in [0.25, 0.3) is 0 Å². The van der Waals surface area contributed by atoms with Gasteiger partial charge in [-0.2, -0.15) is 0 Å². The zero-order valence-corrected chi connectivity index (χ0v) is 10.3. The Balaban J connectivity index is 1.76. The van der Waals surface area contributed by atoms with Crippen molar-refractivity contribution in [3.8, 4) is 0 Å². The van der Waals surface area contributed by atoms with Crippen LogP contribution in [0.5, 0.6) is 0 Å². The molecule has 0 aromatic carbocycles. The van der Waals surface area contributed by atoms with Crippen LogP contribution in [0.1, 0.15) is 46.0 Å². The largest absolute Gasteiger partial charge is 0.324 e. The molecule has 2 fully saturated rings. The molecule has 1 aliphatic heterocycles. The molecule has 2 unspecified atom stereocenters. The van der Waals surface area contributed by atoms with Crippen molar-refractivity contribution in [3.05, 3.63) is 0 Å². The Bertz CT molecular complexity index is 209. The van der Waals surface area contributed by atoms with Crippen LogP contribution in [0, 0.1) is 11.8 Å². The Labute approximate surface area is 94.2 Å². The molecule has 1 saturated heterocycles. The molecule has 1 aliphatic carbocycles. The maximum atomic E-state index is 6.38. The van der Waals surface area contributed by atoms with Crippen LogP contribution in [0.3, 0.4) is 0 Å². The van der Waals surface area contributed by atoms with Crippen molar-refractivity contribution in [1.82, 2.24) is 4.90 Å². The highest BCUT2D eigenvalue weighted by Gasteiger charge is 2.40. The molecule has 0 aromatic heterocycles. The van der Waals surface area contributed by atoms with Gasteiger partial charge in [0.15, 0.2) is 0 Å². The molecular formula is C13H26N2. The third-order valence-corrected chi connectivity index (χ3v) is 4.14. The lowest BCUT2D eigenvalue weighted by molar-refractivity contribution is 0.231. The summed E-state index contributed by atoms with van der Waals surface area (Å²) in [5.74, 6) is 1.76. The lowest BCUT2D eigenvalue weighted by Gasteiger charge is -2.30. The van der Waals surface area contributed by atoms with Crippen LogP contribution >= 0.6 is 0 Å². The van der Waals surface area contributed by atoms with E-state index < -0.39 is 0 Å². The van der Waals surface area contributed by atoms with Gasteiger partial charge in [-0.15, -0.1) is 0 Å². The molecule has 2 N–H and O–H groups in total. The van der Waals surface area contributed by atoms with Gasteiger partial charge >= 0.3 is 0 Å². The first-order valence-electron chi connectivity index (χ1n) is 6.63. The fraction of sp³-hybridized carbons (Fsp3) is 1.00. The summed E-state index contributed by atoms with van der Waals surface area (Å²) >= 11 is 0. The molecule has 15 heavy (non-hydrogen) atoms. The fourth-order valence-corrected chi connectivity index (χ4v) is 3.05. The molecule has 2 atom stereocenters. The van der Waals surface area contributed by atoms with E-state index in [4.69, 9.17) is 5.73 Å². The average molecular weight is 210 g/mol. The number of rotatable bonds is 5. The highest BCUT2D eigenvalue weighted by atomic mass is 15.2. The first-order valence-corrected chi connectivity index (χ1v) is 6.63. The van der Waals surface area contributed by atoms with Gasteiger partial charge in [-0.25, -0.2) is 0 Å². The summed E-state index contributed by atoms with van der Waals surface area (Å²) in [6.45, 7) is 8.24. The minimum atomic E-state index is 0.0844.